The lowest BCUT2D eigenvalue weighted by atomic mass is 9.75. The number of fused-ring (bicyclic) bond motifs is 5. The molecule has 1 aromatic heterocycles. The van der Waals surface area contributed by atoms with E-state index in [0.717, 1.165) is 11.1 Å². The molecule has 0 radical (unpaired) electrons. The van der Waals surface area contributed by atoms with Crippen LogP contribution in [0.1, 0.15) is 45.7 Å². The third-order valence-electron chi connectivity index (χ3n) is 8.18. The van der Waals surface area contributed by atoms with Crippen LogP contribution in [-0.2, 0) is 33.6 Å². The zero-order chi connectivity index (χ0) is 27.1. The number of hydrogen-bond acceptors (Lipinski definition) is 7. The van der Waals surface area contributed by atoms with Crippen LogP contribution in [0, 0.1) is 0 Å². The molecule has 2 saturated heterocycles. The topological polar surface area (TPSA) is 159 Å². The van der Waals surface area contributed by atoms with E-state index in [2.05, 4.69) is 21.3 Å². The highest BCUT2D eigenvalue weighted by molar-refractivity contribution is 6.09. The number of imide groups is 2. The molecule has 2 fully saturated rings. The van der Waals surface area contributed by atoms with Crippen molar-refractivity contribution in [3.8, 4) is 5.75 Å². The first-order chi connectivity index (χ1) is 18.7. The van der Waals surface area contributed by atoms with Gasteiger partial charge in [0, 0.05) is 17.5 Å². The van der Waals surface area contributed by atoms with Crippen molar-refractivity contribution in [3.05, 3.63) is 64.4 Å². The summed E-state index contributed by atoms with van der Waals surface area (Å²) < 4.78 is 11.4. The van der Waals surface area contributed by atoms with Crippen LogP contribution in [-0.4, -0.2) is 48.3 Å². The van der Waals surface area contributed by atoms with Gasteiger partial charge in [0.2, 0.25) is 0 Å². The fraction of sp³-hybridized carbons (Fsp3) is 0.296. The molecule has 198 valence electrons. The molecule has 2 aromatic carbocycles. The van der Waals surface area contributed by atoms with Crippen molar-refractivity contribution in [2.75, 3.05) is 13.7 Å². The summed E-state index contributed by atoms with van der Waals surface area (Å²) in [6.07, 6.45) is 1.73. The molecule has 3 aromatic rings. The van der Waals surface area contributed by atoms with Gasteiger partial charge in [-0.1, -0.05) is 12.1 Å². The molecule has 39 heavy (non-hydrogen) atoms. The van der Waals surface area contributed by atoms with Crippen LogP contribution in [0.3, 0.4) is 0 Å². The number of hydrogen-bond donors (Lipinski definition) is 4. The zero-order valence-corrected chi connectivity index (χ0v) is 20.8. The standard InChI is InChI=1S/C27H23N5O7/c1-38-14-5-4-13-11-32(21(33)16(13)9-14)12-27(23(35)29-25(37)31-27)20-10-17-15-3-2-8-26(22(34)28-24(36)30-26)18(15)6-7-19(17)39-20/h4-7,9-10H,2-3,8,11-12H2,1H3,(H2,28,30,34,36)(H2,29,31,35,37)/t26?,27-/m0/s1. The van der Waals surface area contributed by atoms with Crippen molar-refractivity contribution in [2.45, 2.75) is 36.9 Å². The summed E-state index contributed by atoms with van der Waals surface area (Å²) in [5.74, 6) is -0.636. The number of amides is 7. The van der Waals surface area contributed by atoms with E-state index in [1.54, 1.807) is 36.4 Å². The number of methoxy groups -OCH3 is 1. The molecule has 3 aliphatic heterocycles. The molecule has 12 heteroatoms. The number of rotatable bonds is 4. The second-order valence-electron chi connectivity index (χ2n) is 10.3. The first-order valence-corrected chi connectivity index (χ1v) is 12.5. The Kier molecular flexibility index (Phi) is 4.66. The lowest BCUT2D eigenvalue weighted by Gasteiger charge is -2.33. The monoisotopic (exact) mass is 529 g/mol. The zero-order valence-electron chi connectivity index (χ0n) is 20.8. The van der Waals surface area contributed by atoms with Crippen molar-refractivity contribution in [1.29, 1.82) is 0 Å². The average molecular weight is 530 g/mol. The Morgan fingerprint density at radius 3 is 2.49 bits per heavy atom. The molecule has 2 atom stereocenters. The second-order valence-corrected chi connectivity index (χ2v) is 10.3. The normalized spacial score (nSPS) is 25.5. The van der Waals surface area contributed by atoms with E-state index in [9.17, 15) is 24.0 Å². The fourth-order valence-electron chi connectivity index (χ4n) is 6.31. The van der Waals surface area contributed by atoms with Gasteiger partial charge in [0.25, 0.3) is 17.7 Å². The van der Waals surface area contributed by atoms with Gasteiger partial charge in [-0.05, 0) is 60.2 Å². The number of furan rings is 1. The number of urea groups is 2. The van der Waals surface area contributed by atoms with Crippen molar-refractivity contribution < 1.29 is 33.1 Å². The Bertz CT molecular complexity index is 1660. The molecule has 1 spiro atoms. The number of carbonyl (C=O) groups excluding carboxylic acids is 5. The molecule has 4 N–H and O–H groups in total. The smallest absolute Gasteiger partial charge is 0.322 e. The fourth-order valence-corrected chi connectivity index (χ4v) is 6.31. The average Bonchev–Trinajstić information content (AvgIpc) is 3.63. The maximum atomic E-state index is 13.3. The van der Waals surface area contributed by atoms with Crippen LogP contribution in [0.5, 0.6) is 5.75 Å². The number of aryl methyl sites for hydroxylation is 1. The molecule has 4 aliphatic rings. The minimum absolute atomic E-state index is 0.162. The summed E-state index contributed by atoms with van der Waals surface area (Å²) in [5.41, 5.74) is 0.363. The number of nitrogens with zero attached hydrogens (tertiary/aromatic N) is 1. The van der Waals surface area contributed by atoms with E-state index >= 15 is 0 Å². The highest BCUT2D eigenvalue weighted by Gasteiger charge is 2.54. The quantitative estimate of drug-likeness (QED) is 0.373. The van der Waals surface area contributed by atoms with Gasteiger partial charge in [0.15, 0.2) is 5.54 Å². The number of carbonyl (C=O) groups is 5. The Labute approximate surface area is 221 Å². The van der Waals surface area contributed by atoms with Crippen LogP contribution in [0.4, 0.5) is 9.59 Å². The van der Waals surface area contributed by atoms with E-state index in [4.69, 9.17) is 9.15 Å². The molecule has 4 heterocycles. The third kappa shape index (κ3) is 3.14. The summed E-state index contributed by atoms with van der Waals surface area (Å²) >= 11 is 0. The Morgan fingerprint density at radius 1 is 0.974 bits per heavy atom. The van der Waals surface area contributed by atoms with Gasteiger partial charge in [0.05, 0.1) is 13.7 Å². The number of benzene rings is 2. The highest BCUT2D eigenvalue weighted by Crippen LogP contribution is 2.43. The van der Waals surface area contributed by atoms with E-state index in [1.807, 2.05) is 0 Å². The number of ether oxygens (including phenoxy) is 1. The molecule has 12 nitrogen and oxygen atoms in total. The molecule has 7 amide bonds. The molecular weight excluding hydrogens is 506 g/mol. The Balaban J connectivity index is 1.31. The molecule has 1 aliphatic carbocycles. The number of nitrogens with one attached hydrogen (secondary N) is 4. The van der Waals surface area contributed by atoms with Gasteiger partial charge in [-0.2, -0.15) is 0 Å². The summed E-state index contributed by atoms with van der Waals surface area (Å²) in [6.45, 7) is 0.0842. The molecular formula is C27H23N5O7. The predicted molar refractivity (Wildman–Crippen MR) is 134 cm³/mol. The Morgan fingerprint density at radius 2 is 1.77 bits per heavy atom. The van der Waals surface area contributed by atoms with Crippen molar-refractivity contribution in [3.63, 3.8) is 0 Å². The van der Waals surface area contributed by atoms with Crippen molar-refractivity contribution in [2.24, 2.45) is 0 Å². The van der Waals surface area contributed by atoms with E-state index in [1.165, 1.54) is 12.0 Å². The van der Waals surface area contributed by atoms with Crippen LogP contribution in [0.25, 0.3) is 11.0 Å². The summed E-state index contributed by atoms with van der Waals surface area (Å²) in [6, 6.07) is 9.10. The van der Waals surface area contributed by atoms with Gasteiger partial charge in [-0.15, -0.1) is 0 Å². The maximum Gasteiger partial charge on any atom is 0.322 e. The summed E-state index contributed by atoms with van der Waals surface area (Å²) in [4.78, 5) is 65.3. The van der Waals surface area contributed by atoms with E-state index in [0.29, 0.717) is 47.1 Å². The minimum atomic E-state index is -1.67. The third-order valence-corrected chi connectivity index (χ3v) is 8.18. The van der Waals surface area contributed by atoms with Crippen molar-refractivity contribution >= 4 is 40.8 Å². The molecule has 1 unspecified atom stereocenters. The lowest BCUT2D eigenvalue weighted by Crippen LogP contribution is -2.52. The lowest BCUT2D eigenvalue weighted by molar-refractivity contribution is -0.126. The van der Waals surface area contributed by atoms with Gasteiger partial charge in [-0.3, -0.25) is 25.0 Å². The first-order valence-electron chi connectivity index (χ1n) is 12.5. The van der Waals surface area contributed by atoms with Gasteiger partial charge >= 0.3 is 12.1 Å². The van der Waals surface area contributed by atoms with Gasteiger partial charge < -0.3 is 24.7 Å². The van der Waals surface area contributed by atoms with Crippen LogP contribution in [0.2, 0.25) is 0 Å². The van der Waals surface area contributed by atoms with Crippen LogP contribution >= 0.6 is 0 Å². The maximum absolute atomic E-state index is 13.3. The van der Waals surface area contributed by atoms with Gasteiger partial charge in [0.1, 0.15) is 22.6 Å². The SMILES string of the molecule is COc1ccc2c(c1)C(=O)N(C[C@@]1(c3cc4c5c(ccc4o3)C3(CCC5)NC(=O)NC3=O)NC(=O)NC1=O)C2. The van der Waals surface area contributed by atoms with E-state index < -0.39 is 35.0 Å². The van der Waals surface area contributed by atoms with Gasteiger partial charge in [-0.25, -0.2) is 9.59 Å². The minimum Gasteiger partial charge on any atom is -0.497 e. The largest absolute Gasteiger partial charge is 0.497 e. The van der Waals surface area contributed by atoms with Crippen LogP contribution in [0.15, 0.2) is 40.8 Å². The highest BCUT2D eigenvalue weighted by atomic mass is 16.5. The van der Waals surface area contributed by atoms with E-state index in [-0.39, 0.29) is 24.8 Å². The molecule has 0 saturated carbocycles. The van der Waals surface area contributed by atoms with Crippen LogP contribution < -0.4 is 26.0 Å². The summed E-state index contributed by atoms with van der Waals surface area (Å²) in [7, 11) is 1.52. The molecule has 7 rings (SSSR count). The second kappa shape index (κ2) is 7.82. The predicted octanol–water partition coefficient (Wildman–Crippen LogP) is 1.50. The molecule has 0 bridgehead atoms. The summed E-state index contributed by atoms with van der Waals surface area (Å²) in [5, 5.41) is 10.8. The first kappa shape index (κ1) is 23.3. The van der Waals surface area contributed by atoms with Crippen molar-refractivity contribution in [1.82, 2.24) is 26.2 Å². The Hall–Kier alpha value is -4.87.